The van der Waals surface area contributed by atoms with Crippen LogP contribution in [-0.4, -0.2) is 4.98 Å². The standard InChI is InChI=1S/C8H5ClF2N2O/c9-1-5-6(7(10)11)4(2-12)3-13-8(5)14/h3,7H,1H2,(H,13,14). The predicted molar refractivity (Wildman–Crippen MR) is 46.3 cm³/mol. The van der Waals surface area contributed by atoms with Gasteiger partial charge in [-0.3, -0.25) is 4.79 Å². The summed E-state index contributed by atoms with van der Waals surface area (Å²) in [6, 6.07) is 1.57. The van der Waals surface area contributed by atoms with Gasteiger partial charge in [0.15, 0.2) is 0 Å². The molecule has 1 aromatic rings. The minimum atomic E-state index is -2.87. The molecule has 14 heavy (non-hydrogen) atoms. The fourth-order valence-corrected chi connectivity index (χ4v) is 1.33. The fourth-order valence-electron chi connectivity index (χ4n) is 1.06. The number of hydrogen-bond donors (Lipinski definition) is 1. The van der Waals surface area contributed by atoms with Gasteiger partial charge < -0.3 is 4.98 Å². The average molecular weight is 219 g/mol. The van der Waals surface area contributed by atoms with E-state index < -0.39 is 17.5 Å². The molecule has 0 saturated heterocycles. The van der Waals surface area contributed by atoms with E-state index in [4.69, 9.17) is 16.9 Å². The molecule has 74 valence electrons. The van der Waals surface area contributed by atoms with E-state index in [0.717, 1.165) is 6.20 Å². The van der Waals surface area contributed by atoms with Gasteiger partial charge in [-0.1, -0.05) is 0 Å². The molecule has 0 aliphatic carbocycles. The number of nitrogens with one attached hydrogen (secondary N) is 1. The van der Waals surface area contributed by atoms with Gasteiger partial charge in [-0.25, -0.2) is 8.78 Å². The smallest absolute Gasteiger partial charge is 0.265 e. The maximum Gasteiger partial charge on any atom is 0.265 e. The number of aromatic amines is 1. The lowest BCUT2D eigenvalue weighted by Crippen LogP contribution is -2.15. The number of halogens is 3. The SMILES string of the molecule is N#Cc1c[nH]c(=O)c(CCl)c1C(F)F. The van der Waals surface area contributed by atoms with Crippen molar-refractivity contribution in [3.8, 4) is 6.07 Å². The Balaban J connectivity index is 3.54. The van der Waals surface area contributed by atoms with E-state index in [-0.39, 0.29) is 17.0 Å². The zero-order valence-corrected chi connectivity index (χ0v) is 7.61. The molecule has 0 bridgehead atoms. The van der Waals surface area contributed by atoms with E-state index >= 15 is 0 Å². The van der Waals surface area contributed by atoms with Crippen LogP contribution in [0.15, 0.2) is 11.0 Å². The second kappa shape index (κ2) is 4.20. The fraction of sp³-hybridized carbons (Fsp3) is 0.250. The highest BCUT2D eigenvalue weighted by molar-refractivity contribution is 6.17. The van der Waals surface area contributed by atoms with Gasteiger partial charge in [-0.15, -0.1) is 11.6 Å². The molecule has 0 fully saturated rings. The van der Waals surface area contributed by atoms with Gasteiger partial charge in [0.2, 0.25) is 0 Å². The summed E-state index contributed by atoms with van der Waals surface area (Å²) >= 11 is 5.35. The molecule has 1 rings (SSSR count). The van der Waals surface area contributed by atoms with Crippen LogP contribution >= 0.6 is 11.6 Å². The zero-order valence-electron chi connectivity index (χ0n) is 6.85. The van der Waals surface area contributed by atoms with Crippen LogP contribution in [0, 0.1) is 11.3 Å². The molecule has 0 aromatic carbocycles. The Kier molecular flexibility index (Phi) is 3.20. The Labute approximate surface area is 82.9 Å². The van der Waals surface area contributed by atoms with Gasteiger partial charge in [-0.2, -0.15) is 5.26 Å². The molecule has 3 nitrogen and oxygen atoms in total. The molecule has 1 heterocycles. The van der Waals surface area contributed by atoms with E-state index in [2.05, 4.69) is 4.98 Å². The largest absolute Gasteiger partial charge is 0.327 e. The van der Waals surface area contributed by atoms with Crippen molar-refractivity contribution in [3.05, 3.63) is 33.2 Å². The van der Waals surface area contributed by atoms with Crippen LogP contribution in [0.25, 0.3) is 0 Å². The second-order valence-corrected chi connectivity index (χ2v) is 2.74. The first-order valence-electron chi connectivity index (χ1n) is 3.60. The van der Waals surface area contributed by atoms with Crippen LogP contribution in [0.4, 0.5) is 8.78 Å². The van der Waals surface area contributed by atoms with Gasteiger partial charge >= 0.3 is 0 Å². The predicted octanol–water partition coefficient (Wildman–Crippen LogP) is 1.92. The van der Waals surface area contributed by atoms with Crippen molar-refractivity contribution < 1.29 is 8.78 Å². The molecule has 0 radical (unpaired) electrons. The third-order valence-electron chi connectivity index (χ3n) is 1.71. The quantitative estimate of drug-likeness (QED) is 0.771. The lowest BCUT2D eigenvalue weighted by Gasteiger charge is -2.06. The van der Waals surface area contributed by atoms with E-state index in [1.54, 1.807) is 6.07 Å². The maximum atomic E-state index is 12.5. The summed E-state index contributed by atoms with van der Waals surface area (Å²) in [5.74, 6) is -0.343. The summed E-state index contributed by atoms with van der Waals surface area (Å²) in [6.45, 7) is 0. The third-order valence-corrected chi connectivity index (χ3v) is 1.98. The van der Waals surface area contributed by atoms with Crippen LogP contribution in [0.5, 0.6) is 0 Å². The van der Waals surface area contributed by atoms with Gasteiger partial charge in [0, 0.05) is 17.3 Å². The summed E-state index contributed by atoms with van der Waals surface area (Å²) in [6.07, 6.45) is -1.92. The van der Waals surface area contributed by atoms with Crippen molar-refractivity contribution in [2.45, 2.75) is 12.3 Å². The summed E-state index contributed by atoms with van der Waals surface area (Å²) < 4.78 is 25.0. The normalized spacial score (nSPS) is 10.2. The van der Waals surface area contributed by atoms with Crippen LogP contribution in [0.3, 0.4) is 0 Å². The van der Waals surface area contributed by atoms with Gasteiger partial charge in [0.1, 0.15) is 6.07 Å². The van der Waals surface area contributed by atoms with E-state index in [1.165, 1.54) is 0 Å². The molecule has 0 spiro atoms. The molecule has 0 atom stereocenters. The first kappa shape index (κ1) is 10.7. The molecule has 6 heteroatoms. The Bertz CT molecular complexity index is 436. The molecular formula is C8H5ClF2N2O. The Morgan fingerprint density at radius 3 is 2.71 bits per heavy atom. The maximum absolute atomic E-state index is 12.5. The van der Waals surface area contributed by atoms with Crippen molar-refractivity contribution in [2.24, 2.45) is 0 Å². The topological polar surface area (TPSA) is 56.6 Å². The first-order valence-corrected chi connectivity index (χ1v) is 4.14. The number of nitriles is 1. The highest BCUT2D eigenvalue weighted by Gasteiger charge is 2.19. The lowest BCUT2D eigenvalue weighted by molar-refractivity contribution is 0.150. The Morgan fingerprint density at radius 2 is 2.29 bits per heavy atom. The molecular weight excluding hydrogens is 214 g/mol. The average Bonchev–Trinajstić information content (AvgIpc) is 2.17. The van der Waals surface area contributed by atoms with Gasteiger partial charge in [0.25, 0.3) is 12.0 Å². The Hall–Kier alpha value is -1.41. The van der Waals surface area contributed by atoms with Crippen LogP contribution in [0.2, 0.25) is 0 Å². The van der Waals surface area contributed by atoms with Crippen LogP contribution in [-0.2, 0) is 5.88 Å². The molecule has 1 N–H and O–H groups in total. The van der Waals surface area contributed by atoms with Gasteiger partial charge in [0.05, 0.1) is 11.4 Å². The van der Waals surface area contributed by atoms with Crippen LogP contribution < -0.4 is 5.56 Å². The van der Waals surface area contributed by atoms with Crippen molar-refractivity contribution >= 4 is 11.6 Å². The number of hydrogen-bond acceptors (Lipinski definition) is 2. The number of pyridine rings is 1. The monoisotopic (exact) mass is 218 g/mol. The molecule has 0 amide bonds. The highest BCUT2D eigenvalue weighted by atomic mass is 35.5. The van der Waals surface area contributed by atoms with E-state index in [0.29, 0.717) is 0 Å². The number of rotatable bonds is 2. The molecule has 1 aromatic heterocycles. The number of aromatic nitrogens is 1. The van der Waals surface area contributed by atoms with Gasteiger partial charge in [-0.05, 0) is 0 Å². The molecule has 0 unspecified atom stereocenters. The molecule has 0 saturated carbocycles. The minimum absolute atomic E-state index is 0.249. The first-order chi connectivity index (χ1) is 6.61. The van der Waals surface area contributed by atoms with E-state index in [1.807, 2.05) is 0 Å². The zero-order chi connectivity index (χ0) is 10.7. The van der Waals surface area contributed by atoms with Crippen LogP contribution in [0.1, 0.15) is 23.1 Å². The third kappa shape index (κ3) is 1.75. The molecule has 0 aliphatic heterocycles. The van der Waals surface area contributed by atoms with Crippen molar-refractivity contribution in [1.29, 1.82) is 5.26 Å². The lowest BCUT2D eigenvalue weighted by atomic mass is 10.1. The minimum Gasteiger partial charge on any atom is -0.327 e. The van der Waals surface area contributed by atoms with Crippen molar-refractivity contribution in [3.63, 3.8) is 0 Å². The van der Waals surface area contributed by atoms with E-state index in [9.17, 15) is 13.6 Å². The summed E-state index contributed by atoms with van der Waals surface area (Å²) in [4.78, 5) is 13.2. The van der Waals surface area contributed by atoms with Crippen molar-refractivity contribution in [2.75, 3.05) is 0 Å². The molecule has 0 aliphatic rings. The Morgan fingerprint density at radius 1 is 1.64 bits per heavy atom. The number of H-pyrrole nitrogens is 1. The van der Waals surface area contributed by atoms with Crippen molar-refractivity contribution in [1.82, 2.24) is 4.98 Å². The number of alkyl halides is 3. The number of nitrogens with zero attached hydrogens (tertiary/aromatic N) is 1. The summed E-state index contributed by atoms with van der Waals surface area (Å²) in [5.41, 5.74) is -1.77. The second-order valence-electron chi connectivity index (χ2n) is 2.47. The highest BCUT2D eigenvalue weighted by Crippen LogP contribution is 2.24. The summed E-state index contributed by atoms with van der Waals surface area (Å²) in [5, 5.41) is 8.53. The summed E-state index contributed by atoms with van der Waals surface area (Å²) in [7, 11) is 0.